The quantitative estimate of drug-likeness (QED) is 0.276. The van der Waals surface area contributed by atoms with E-state index in [4.69, 9.17) is 9.47 Å². The molecule has 0 spiro atoms. The first-order valence-electron chi connectivity index (χ1n) is 9.95. The summed E-state index contributed by atoms with van der Waals surface area (Å²) in [7, 11) is 0. The molecule has 3 rings (SSSR count). The minimum absolute atomic E-state index is 0.00387. The van der Waals surface area contributed by atoms with Gasteiger partial charge in [0.2, 0.25) is 0 Å². The topological polar surface area (TPSA) is 86.0 Å². The number of ether oxygens (including phenoxy) is 2. The van der Waals surface area contributed by atoms with Crippen molar-refractivity contribution in [1.29, 1.82) is 0 Å². The van der Waals surface area contributed by atoms with E-state index < -0.39 is 4.92 Å². The average molecular weight is 419 g/mol. The number of nitrogens with one attached hydrogen (secondary N) is 1. The van der Waals surface area contributed by atoms with Crippen LogP contribution in [0.4, 0.5) is 11.4 Å². The third-order valence-electron chi connectivity index (χ3n) is 4.62. The molecule has 0 aliphatic heterocycles. The van der Waals surface area contributed by atoms with Gasteiger partial charge >= 0.3 is 0 Å². The van der Waals surface area contributed by atoms with Crippen molar-refractivity contribution in [3.05, 3.63) is 93.0 Å². The Morgan fingerprint density at radius 1 is 1.03 bits per heavy atom. The molecule has 0 bridgehead atoms. The number of hydrazone groups is 1. The maximum Gasteiger partial charge on any atom is 0.271 e. The van der Waals surface area contributed by atoms with E-state index in [9.17, 15) is 10.1 Å². The third kappa shape index (κ3) is 6.05. The summed E-state index contributed by atoms with van der Waals surface area (Å²) in [4.78, 5) is 10.4. The van der Waals surface area contributed by atoms with Gasteiger partial charge in [-0.15, -0.1) is 0 Å². The molecule has 3 aromatic carbocycles. The monoisotopic (exact) mass is 419 g/mol. The molecule has 160 valence electrons. The van der Waals surface area contributed by atoms with Gasteiger partial charge in [0.25, 0.3) is 5.69 Å². The first-order chi connectivity index (χ1) is 15.0. The second kappa shape index (κ2) is 10.2. The zero-order valence-corrected chi connectivity index (χ0v) is 17.8. The van der Waals surface area contributed by atoms with Crippen LogP contribution >= 0.6 is 0 Å². The van der Waals surface area contributed by atoms with E-state index in [1.54, 1.807) is 18.3 Å². The van der Waals surface area contributed by atoms with Gasteiger partial charge in [-0.1, -0.05) is 29.8 Å². The Bertz CT molecular complexity index is 1100. The van der Waals surface area contributed by atoms with Crippen molar-refractivity contribution < 1.29 is 14.4 Å². The SMILES string of the molecule is CCOc1cc(C=NNc2cccc([N+](=O)[O-])c2)ccc1OCc1cc(C)ccc1C. The Morgan fingerprint density at radius 3 is 2.65 bits per heavy atom. The summed E-state index contributed by atoms with van der Waals surface area (Å²) in [6.45, 7) is 7.00. The van der Waals surface area contributed by atoms with Gasteiger partial charge in [0, 0.05) is 12.1 Å². The highest BCUT2D eigenvalue weighted by molar-refractivity contribution is 5.81. The van der Waals surface area contributed by atoms with E-state index >= 15 is 0 Å². The Morgan fingerprint density at radius 2 is 1.87 bits per heavy atom. The minimum atomic E-state index is -0.444. The van der Waals surface area contributed by atoms with Gasteiger partial charge < -0.3 is 9.47 Å². The van der Waals surface area contributed by atoms with Crippen molar-refractivity contribution in [3.8, 4) is 11.5 Å². The molecule has 31 heavy (non-hydrogen) atoms. The number of benzene rings is 3. The fraction of sp³-hybridized carbons (Fsp3) is 0.208. The van der Waals surface area contributed by atoms with Crippen LogP contribution in [0.1, 0.15) is 29.2 Å². The summed E-state index contributed by atoms with van der Waals surface area (Å²) in [5.74, 6) is 1.29. The summed E-state index contributed by atoms with van der Waals surface area (Å²) in [6, 6.07) is 18.0. The zero-order valence-electron chi connectivity index (χ0n) is 17.8. The number of rotatable bonds is 9. The lowest BCUT2D eigenvalue weighted by molar-refractivity contribution is -0.384. The summed E-state index contributed by atoms with van der Waals surface area (Å²) < 4.78 is 11.8. The summed E-state index contributed by atoms with van der Waals surface area (Å²) >= 11 is 0. The van der Waals surface area contributed by atoms with Crippen LogP contribution in [0.5, 0.6) is 11.5 Å². The molecule has 0 fully saturated rings. The maximum atomic E-state index is 10.9. The number of nitrogens with zero attached hydrogens (tertiary/aromatic N) is 2. The van der Waals surface area contributed by atoms with Crippen LogP contribution < -0.4 is 14.9 Å². The zero-order chi connectivity index (χ0) is 22.2. The maximum absolute atomic E-state index is 10.9. The van der Waals surface area contributed by atoms with Gasteiger partial charge in [0.1, 0.15) is 6.61 Å². The molecule has 0 heterocycles. The third-order valence-corrected chi connectivity index (χ3v) is 4.62. The van der Waals surface area contributed by atoms with Crippen molar-refractivity contribution in [2.45, 2.75) is 27.4 Å². The molecule has 0 saturated heterocycles. The first-order valence-corrected chi connectivity index (χ1v) is 9.95. The summed E-state index contributed by atoms with van der Waals surface area (Å²) in [5, 5.41) is 15.0. The van der Waals surface area contributed by atoms with Gasteiger partial charge in [-0.25, -0.2) is 0 Å². The van der Waals surface area contributed by atoms with E-state index in [1.165, 1.54) is 23.3 Å². The molecule has 7 heteroatoms. The minimum Gasteiger partial charge on any atom is -0.490 e. The van der Waals surface area contributed by atoms with Crippen LogP contribution in [-0.2, 0) is 6.61 Å². The van der Waals surface area contributed by atoms with Gasteiger partial charge in [-0.3, -0.25) is 15.5 Å². The Balaban J connectivity index is 1.70. The molecule has 0 aliphatic rings. The van der Waals surface area contributed by atoms with Gasteiger partial charge in [-0.05, 0) is 61.7 Å². The molecule has 7 nitrogen and oxygen atoms in total. The molecule has 0 atom stereocenters. The molecule has 0 aromatic heterocycles. The number of aryl methyl sites for hydroxylation is 2. The van der Waals surface area contributed by atoms with Crippen LogP contribution in [0, 0.1) is 24.0 Å². The second-order valence-corrected chi connectivity index (χ2v) is 7.04. The van der Waals surface area contributed by atoms with Crippen molar-refractivity contribution >= 4 is 17.6 Å². The molecule has 0 radical (unpaired) electrons. The highest BCUT2D eigenvalue weighted by atomic mass is 16.6. The first kappa shape index (κ1) is 21.8. The Kier molecular flexibility index (Phi) is 7.22. The number of hydrogen-bond donors (Lipinski definition) is 1. The van der Waals surface area contributed by atoms with Crippen molar-refractivity contribution in [2.24, 2.45) is 5.10 Å². The summed E-state index contributed by atoms with van der Waals surface area (Å²) in [5.41, 5.74) is 7.65. The lowest BCUT2D eigenvalue weighted by Gasteiger charge is -2.14. The van der Waals surface area contributed by atoms with E-state index in [1.807, 2.05) is 25.1 Å². The second-order valence-electron chi connectivity index (χ2n) is 7.04. The number of anilines is 1. The van der Waals surface area contributed by atoms with Crippen molar-refractivity contribution in [1.82, 2.24) is 0 Å². The highest BCUT2D eigenvalue weighted by Gasteiger charge is 2.08. The molecule has 3 aromatic rings. The molecular formula is C24H25N3O4. The van der Waals surface area contributed by atoms with Crippen LogP contribution in [0.25, 0.3) is 0 Å². The van der Waals surface area contributed by atoms with Crippen molar-refractivity contribution in [3.63, 3.8) is 0 Å². The highest BCUT2D eigenvalue weighted by Crippen LogP contribution is 2.29. The molecule has 0 aliphatic carbocycles. The van der Waals surface area contributed by atoms with Crippen LogP contribution in [0.2, 0.25) is 0 Å². The molecule has 1 N–H and O–H groups in total. The molecule has 0 unspecified atom stereocenters. The molecular weight excluding hydrogens is 394 g/mol. The summed E-state index contributed by atoms with van der Waals surface area (Å²) in [6.07, 6.45) is 1.62. The number of hydrogen-bond acceptors (Lipinski definition) is 6. The van der Waals surface area contributed by atoms with Crippen LogP contribution in [0.15, 0.2) is 65.8 Å². The molecule has 0 amide bonds. The standard InChI is InChI=1S/C24H25N3O4/c1-4-30-24-13-19(15-25-26-21-6-5-7-22(14-21)27(28)29)10-11-23(24)31-16-20-12-17(2)8-9-18(20)3/h5-15,26H,4,16H2,1-3H3. The van der Waals surface area contributed by atoms with Crippen LogP contribution in [-0.4, -0.2) is 17.7 Å². The molecule has 0 saturated carbocycles. The number of nitro benzene ring substituents is 1. The number of nitro groups is 1. The normalized spacial score (nSPS) is 10.8. The Labute approximate surface area is 181 Å². The average Bonchev–Trinajstić information content (AvgIpc) is 2.76. The van der Waals surface area contributed by atoms with E-state index in [0.717, 1.165) is 11.1 Å². The van der Waals surface area contributed by atoms with Gasteiger partial charge in [-0.2, -0.15) is 5.10 Å². The van der Waals surface area contributed by atoms with E-state index in [-0.39, 0.29) is 5.69 Å². The predicted octanol–water partition coefficient (Wildman–Crippen LogP) is 5.64. The van der Waals surface area contributed by atoms with Crippen molar-refractivity contribution in [2.75, 3.05) is 12.0 Å². The van der Waals surface area contributed by atoms with Gasteiger partial charge in [0.05, 0.1) is 23.4 Å². The lowest BCUT2D eigenvalue weighted by Crippen LogP contribution is -2.02. The fourth-order valence-electron chi connectivity index (χ4n) is 2.97. The van der Waals surface area contributed by atoms with E-state index in [2.05, 4.69) is 42.6 Å². The largest absolute Gasteiger partial charge is 0.490 e. The van der Waals surface area contributed by atoms with Gasteiger partial charge in [0.15, 0.2) is 11.5 Å². The fourth-order valence-corrected chi connectivity index (χ4v) is 2.97. The predicted molar refractivity (Wildman–Crippen MR) is 122 cm³/mol. The number of non-ortho nitro benzene ring substituents is 1. The van der Waals surface area contributed by atoms with Crippen LogP contribution in [0.3, 0.4) is 0 Å². The van der Waals surface area contributed by atoms with E-state index in [0.29, 0.717) is 30.4 Å². The smallest absolute Gasteiger partial charge is 0.271 e. The Hall–Kier alpha value is -3.87. The lowest BCUT2D eigenvalue weighted by atomic mass is 10.1.